The number of thiocarbonyl (C=S) groups is 1. The first-order chi connectivity index (χ1) is 12.0. The van der Waals surface area contributed by atoms with Crippen LogP contribution in [-0.2, 0) is 4.79 Å². The third kappa shape index (κ3) is 4.15. The highest BCUT2D eigenvalue weighted by atomic mass is 35.5. The van der Waals surface area contributed by atoms with Crippen LogP contribution in [0, 0.1) is 5.82 Å². The maximum Gasteiger partial charge on any atom is 0.267 e. The molecule has 0 unspecified atom stereocenters. The maximum absolute atomic E-state index is 13.2. The normalized spacial score (nSPS) is 16.0. The highest BCUT2D eigenvalue weighted by Gasteiger charge is 2.32. The Morgan fingerprint density at radius 3 is 2.56 bits per heavy atom. The van der Waals surface area contributed by atoms with E-state index in [0.717, 1.165) is 0 Å². The minimum absolute atomic E-state index is 0.141. The Labute approximate surface area is 163 Å². The molecule has 1 aliphatic heterocycles. The number of carbonyl (C=O) groups is 1. The topological polar surface area (TPSA) is 32.3 Å². The van der Waals surface area contributed by atoms with E-state index in [1.54, 1.807) is 36.4 Å². The van der Waals surface area contributed by atoms with Gasteiger partial charge >= 0.3 is 0 Å². The summed E-state index contributed by atoms with van der Waals surface area (Å²) in [5.41, 5.74) is 1.14. The van der Waals surface area contributed by atoms with Gasteiger partial charge in [0.25, 0.3) is 5.91 Å². The molecule has 128 valence electrons. The summed E-state index contributed by atoms with van der Waals surface area (Å²) in [6.07, 6.45) is 1.63. The fraction of sp³-hybridized carbons (Fsp3) is 0.0588. The second-order valence-electron chi connectivity index (χ2n) is 5.09. The third-order valence-corrected chi connectivity index (χ3v) is 5.45. The Bertz CT molecular complexity index is 868. The summed E-state index contributed by atoms with van der Waals surface area (Å²) in [5.74, 6) is -0.612. The van der Waals surface area contributed by atoms with Gasteiger partial charge in [-0.2, -0.15) is 0 Å². The van der Waals surface area contributed by atoms with Gasteiger partial charge in [-0.25, -0.2) is 4.39 Å². The number of hydrogen-bond acceptors (Lipinski definition) is 4. The smallest absolute Gasteiger partial charge is 0.267 e. The van der Waals surface area contributed by atoms with Crippen LogP contribution in [0.1, 0.15) is 5.56 Å². The van der Waals surface area contributed by atoms with Gasteiger partial charge in [0.15, 0.2) is 0 Å². The zero-order chi connectivity index (χ0) is 18.0. The van der Waals surface area contributed by atoms with Gasteiger partial charge in [-0.15, -0.1) is 0 Å². The van der Waals surface area contributed by atoms with Crippen molar-refractivity contribution in [3.63, 3.8) is 0 Å². The summed E-state index contributed by atoms with van der Waals surface area (Å²) in [7, 11) is 0. The van der Waals surface area contributed by atoms with Gasteiger partial charge in [-0.05, 0) is 36.4 Å². The van der Waals surface area contributed by atoms with Crippen molar-refractivity contribution in [2.75, 3.05) is 12.0 Å². The van der Waals surface area contributed by atoms with Gasteiger partial charge in [0.1, 0.15) is 10.1 Å². The lowest BCUT2D eigenvalue weighted by molar-refractivity contribution is -0.121. The number of hydrogen-bond donors (Lipinski definition) is 1. The zero-order valence-electron chi connectivity index (χ0n) is 12.6. The van der Waals surface area contributed by atoms with Crippen LogP contribution in [0.5, 0.6) is 0 Å². The van der Waals surface area contributed by atoms with Gasteiger partial charge in [0.05, 0.1) is 11.6 Å². The number of amides is 1. The molecule has 0 aromatic heterocycles. The van der Waals surface area contributed by atoms with Crippen molar-refractivity contribution in [3.05, 3.63) is 68.8 Å². The van der Waals surface area contributed by atoms with Crippen LogP contribution in [0.15, 0.2) is 47.4 Å². The van der Waals surface area contributed by atoms with Crippen LogP contribution in [0.4, 0.5) is 10.1 Å². The summed E-state index contributed by atoms with van der Waals surface area (Å²) in [6, 6.07) is 11.1. The second kappa shape index (κ2) is 7.74. The first-order valence-corrected chi connectivity index (χ1v) is 9.12. The molecule has 0 spiro atoms. The zero-order valence-corrected chi connectivity index (χ0v) is 15.8. The molecule has 1 fully saturated rings. The molecule has 0 saturated carbocycles. The average molecular weight is 413 g/mol. The van der Waals surface area contributed by atoms with E-state index < -0.39 is 0 Å². The molecular formula is C17H11Cl2FN2OS2. The molecule has 25 heavy (non-hydrogen) atoms. The fourth-order valence-corrected chi connectivity index (χ4v) is 3.93. The minimum Gasteiger partial charge on any atom is -0.367 e. The number of thioether (sulfide) groups is 1. The summed E-state index contributed by atoms with van der Waals surface area (Å²) in [6.45, 7) is 0.141. The van der Waals surface area contributed by atoms with Crippen LogP contribution in [-0.4, -0.2) is 21.8 Å². The molecule has 0 radical (unpaired) electrons. The molecule has 1 aliphatic rings. The van der Waals surface area contributed by atoms with Crippen LogP contribution >= 0.6 is 47.2 Å². The SMILES string of the molecule is O=C1C(=Cc2c(Cl)cccc2Cl)SC(=S)N1CNc1cccc(F)c1. The molecule has 1 N–H and O–H groups in total. The van der Waals surface area contributed by atoms with Gasteiger partial charge in [0, 0.05) is 21.3 Å². The molecule has 3 rings (SSSR count). The van der Waals surface area contributed by atoms with E-state index in [4.69, 9.17) is 35.4 Å². The number of rotatable bonds is 4. The fourth-order valence-electron chi connectivity index (χ4n) is 2.18. The first kappa shape index (κ1) is 18.2. The third-order valence-electron chi connectivity index (χ3n) is 3.41. The lowest BCUT2D eigenvalue weighted by Gasteiger charge is -2.16. The van der Waals surface area contributed by atoms with E-state index in [-0.39, 0.29) is 18.4 Å². The lowest BCUT2D eigenvalue weighted by atomic mass is 10.2. The van der Waals surface area contributed by atoms with Crippen molar-refractivity contribution in [1.82, 2.24) is 4.90 Å². The number of nitrogens with one attached hydrogen (secondary N) is 1. The van der Waals surface area contributed by atoms with Crippen molar-refractivity contribution >= 4 is 69.2 Å². The van der Waals surface area contributed by atoms with Crippen molar-refractivity contribution in [3.8, 4) is 0 Å². The number of benzene rings is 2. The quantitative estimate of drug-likeness (QED) is 0.537. The van der Waals surface area contributed by atoms with Crippen LogP contribution in [0.3, 0.4) is 0 Å². The number of anilines is 1. The Morgan fingerprint density at radius 2 is 1.88 bits per heavy atom. The summed E-state index contributed by atoms with van der Waals surface area (Å²) >= 11 is 18.7. The van der Waals surface area contributed by atoms with Gasteiger partial charge in [-0.1, -0.05) is 59.3 Å². The molecule has 1 saturated heterocycles. The van der Waals surface area contributed by atoms with Crippen LogP contribution < -0.4 is 5.32 Å². The van der Waals surface area contributed by atoms with Gasteiger partial charge < -0.3 is 5.32 Å². The molecule has 2 aromatic carbocycles. The molecule has 2 aromatic rings. The van der Waals surface area contributed by atoms with Gasteiger partial charge in [-0.3, -0.25) is 9.69 Å². The highest BCUT2D eigenvalue weighted by Crippen LogP contribution is 2.35. The number of halogens is 3. The predicted octanol–water partition coefficient (Wildman–Crippen LogP) is 5.40. The number of nitrogens with zero attached hydrogens (tertiary/aromatic N) is 1. The van der Waals surface area contributed by atoms with E-state index in [1.165, 1.54) is 28.8 Å². The molecule has 0 atom stereocenters. The summed E-state index contributed by atoms with van der Waals surface area (Å²) in [5, 5.41) is 3.89. The monoisotopic (exact) mass is 412 g/mol. The van der Waals surface area contributed by atoms with E-state index in [9.17, 15) is 9.18 Å². The molecule has 0 aliphatic carbocycles. The van der Waals surface area contributed by atoms with Gasteiger partial charge in [0.2, 0.25) is 0 Å². The Balaban J connectivity index is 1.77. The Kier molecular flexibility index (Phi) is 5.64. The van der Waals surface area contributed by atoms with Crippen LogP contribution in [0.2, 0.25) is 10.0 Å². The van der Waals surface area contributed by atoms with E-state index >= 15 is 0 Å². The van der Waals surface area contributed by atoms with Crippen LogP contribution in [0.25, 0.3) is 6.08 Å². The Hall–Kier alpha value is -1.60. The minimum atomic E-state index is -0.358. The largest absolute Gasteiger partial charge is 0.367 e. The average Bonchev–Trinajstić information content (AvgIpc) is 2.83. The summed E-state index contributed by atoms with van der Waals surface area (Å²) in [4.78, 5) is 14.4. The van der Waals surface area contributed by atoms with Crippen molar-refractivity contribution in [2.24, 2.45) is 0 Å². The highest BCUT2D eigenvalue weighted by molar-refractivity contribution is 8.26. The lowest BCUT2D eigenvalue weighted by Crippen LogP contribution is -2.33. The van der Waals surface area contributed by atoms with E-state index in [1.807, 2.05) is 0 Å². The summed E-state index contributed by atoms with van der Waals surface area (Å²) < 4.78 is 13.6. The molecule has 0 bridgehead atoms. The molecule has 3 nitrogen and oxygen atoms in total. The number of carbonyl (C=O) groups excluding carboxylic acids is 1. The standard InChI is InChI=1S/C17H11Cl2FN2OS2/c18-13-5-2-6-14(19)12(13)8-15-16(23)22(17(24)25-15)9-21-11-4-1-3-10(20)7-11/h1-8,21H,9H2. The van der Waals surface area contributed by atoms with E-state index in [2.05, 4.69) is 5.32 Å². The second-order valence-corrected chi connectivity index (χ2v) is 7.58. The van der Waals surface area contributed by atoms with Crippen molar-refractivity contribution < 1.29 is 9.18 Å². The predicted molar refractivity (Wildman–Crippen MR) is 106 cm³/mol. The van der Waals surface area contributed by atoms with E-state index in [0.29, 0.717) is 30.5 Å². The molecule has 1 amide bonds. The molecule has 1 heterocycles. The maximum atomic E-state index is 13.2. The van der Waals surface area contributed by atoms with Crippen molar-refractivity contribution in [2.45, 2.75) is 0 Å². The Morgan fingerprint density at radius 1 is 1.20 bits per heavy atom. The molecule has 8 heteroatoms. The first-order valence-electron chi connectivity index (χ1n) is 7.14. The van der Waals surface area contributed by atoms with Crippen molar-refractivity contribution in [1.29, 1.82) is 0 Å². The molecular weight excluding hydrogens is 402 g/mol.